The first-order valence-corrected chi connectivity index (χ1v) is 13.0. The van der Waals surface area contributed by atoms with Crippen LogP contribution in [0.1, 0.15) is 106 Å². The van der Waals surface area contributed by atoms with Gasteiger partial charge in [-0.25, -0.2) is 0 Å². The van der Waals surface area contributed by atoms with Crippen molar-refractivity contribution in [3.8, 4) is 0 Å². The summed E-state index contributed by atoms with van der Waals surface area (Å²) in [6, 6.07) is 0. The van der Waals surface area contributed by atoms with Crippen molar-refractivity contribution < 1.29 is 20.1 Å². The van der Waals surface area contributed by atoms with E-state index in [2.05, 4.69) is 32.9 Å². The first-order chi connectivity index (χ1) is 15.9. The maximum Gasteiger partial charge on any atom is 0.145 e. The number of rotatable bonds is 13. The van der Waals surface area contributed by atoms with Crippen molar-refractivity contribution in [2.24, 2.45) is 11.3 Å². The number of aldehydes is 1. The van der Waals surface area contributed by atoms with Crippen LogP contribution in [0.2, 0.25) is 0 Å². The van der Waals surface area contributed by atoms with Crippen molar-refractivity contribution in [2.45, 2.75) is 118 Å². The second-order valence-electron chi connectivity index (χ2n) is 11.1. The van der Waals surface area contributed by atoms with E-state index in [1.165, 1.54) is 11.1 Å². The van der Waals surface area contributed by atoms with Crippen LogP contribution in [0.5, 0.6) is 0 Å². The Morgan fingerprint density at radius 3 is 2.32 bits per heavy atom. The molecule has 4 nitrogen and oxygen atoms in total. The minimum atomic E-state index is -0.812. The molecule has 0 radical (unpaired) electrons. The number of hydrogen-bond acceptors (Lipinski definition) is 4. The zero-order valence-corrected chi connectivity index (χ0v) is 22.8. The molecule has 0 saturated heterocycles. The molecule has 0 aromatic heterocycles. The molecule has 1 aliphatic carbocycles. The first-order valence-electron chi connectivity index (χ1n) is 13.0. The maximum atomic E-state index is 11.6. The van der Waals surface area contributed by atoms with Gasteiger partial charge in [0.05, 0.1) is 11.7 Å². The van der Waals surface area contributed by atoms with E-state index >= 15 is 0 Å². The van der Waals surface area contributed by atoms with Crippen LogP contribution in [0.4, 0.5) is 0 Å². The van der Waals surface area contributed by atoms with Gasteiger partial charge >= 0.3 is 0 Å². The van der Waals surface area contributed by atoms with Gasteiger partial charge in [-0.3, -0.25) is 4.79 Å². The first kappa shape index (κ1) is 30.5. The van der Waals surface area contributed by atoms with Gasteiger partial charge < -0.3 is 15.3 Å². The Morgan fingerprint density at radius 2 is 1.74 bits per heavy atom. The maximum absolute atomic E-state index is 11.6. The Kier molecular flexibility index (Phi) is 12.7. The fourth-order valence-electron chi connectivity index (χ4n) is 5.50. The fraction of sp³-hybridized carbons (Fsp3) is 0.700. The molecule has 4 atom stereocenters. The van der Waals surface area contributed by atoms with Gasteiger partial charge in [0.2, 0.25) is 0 Å². The summed E-state index contributed by atoms with van der Waals surface area (Å²) in [5.41, 5.74) is 4.46. The number of hydrogen-bond donors (Lipinski definition) is 3. The largest absolute Gasteiger partial charge is 0.396 e. The Hall–Kier alpha value is -1.49. The molecule has 0 unspecified atom stereocenters. The highest BCUT2D eigenvalue weighted by Crippen LogP contribution is 2.55. The standard InChI is InChI=1S/C30H50O4/c1-22(2)19-26(33)20-24(4)12-8-11-23(3)13-9-16-29(6)28(14-10-18-31)27(25(5)21-32)15-17-30(29,7)34/h12-13,19,21,26,28,31,33-34H,8-11,14-18,20H2,1-7H3/b23-13+,24-12+,27-25+/t26-,28+,29+,30+/m0/s1. The number of carbonyl (C=O) groups excluding carboxylic acids is 1. The van der Waals surface area contributed by atoms with E-state index in [1.807, 2.05) is 33.8 Å². The molecule has 0 heterocycles. The third-order valence-electron chi connectivity index (χ3n) is 7.88. The molecule has 1 rings (SSSR count). The normalized spacial score (nSPS) is 28.5. The third kappa shape index (κ3) is 8.94. The van der Waals surface area contributed by atoms with E-state index in [1.54, 1.807) is 0 Å². The second kappa shape index (κ2) is 14.2. The van der Waals surface area contributed by atoms with Crippen molar-refractivity contribution in [2.75, 3.05) is 6.61 Å². The summed E-state index contributed by atoms with van der Waals surface area (Å²) in [6.45, 7) is 14.4. The molecule has 34 heavy (non-hydrogen) atoms. The van der Waals surface area contributed by atoms with Crippen molar-refractivity contribution in [1.29, 1.82) is 0 Å². The lowest BCUT2D eigenvalue weighted by Crippen LogP contribution is -2.52. The molecule has 0 spiro atoms. The molecule has 3 N–H and O–H groups in total. The van der Waals surface area contributed by atoms with E-state index < -0.39 is 11.7 Å². The minimum absolute atomic E-state index is 0.0973. The average Bonchev–Trinajstić information content (AvgIpc) is 2.73. The highest BCUT2D eigenvalue weighted by molar-refractivity contribution is 5.74. The van der Waals surface area contributed by atoms with Gasteiger partial charge in [0.1, 0.15) is 6.29 Å². The van der Waals surface area contributed by atoms with E-state index in [0.29, 0.717) is 19.3 Å². The van der Waals surface area contributed by atoms with Gasteiger partial charge in [0.25, 0.3) is 0 Å². The van der Waals surface area contributed by atoms with E-state index in [0.717, 1.165) is 61.5 Å². The summed E-state index contributed by atoms with van der Waals surface area (Å²) in [4.78, 5) is 11.6. The highest BCUT2D eigenvalue weighted by atomic mass is 16.3. The average molecular weight is 475 g/mol. The lowest BCUT2D eigenvalue weighted by Gasteiger charge is -2.53. The zero-order valence-electron chi connectivity index (χ0n) is 22.8. The third-order valence-corrected chi connectivity index (χ3v) is 7.88. The van der Waals surface area contributed by atoms with E-state index in [-0.39, 0.29) is 17.9 Å². The van der Waals surface area contributed by atoms with Crippen molar-refractivity contribution in [3.63, 3.8) is 0 Å². The SMILES string of the molecule is CC(C)=C[C@H](O)C/C(C)=C/CC/C(C)=C/CC[C@]1(C)[C@H](CCCO)/C(=C(\C)C=O)CC[C@@]1(C)O. The zero-order chi connectivity index (χ0) is 25.9. The predicted octanol–water partition coefficient (Wildman–Crippen LogP) is 6.61. The monoisotopic (exact) mass is 474 g/mol. The summed E-state index contributed by atoms with van der Waals surface area (Å²) >= 11 is 0. The highest BCUT2D eigenvalue weighted by Gasteiger charge is 2.51. The van der Waals surface area contributed by atoms with Crippen LogP contribution in [0.15, 0.2) is 46.1 Å². The number of carbonyl (C=O) groups is 1. The molecule has 1 saturated carbocycles. The molecule has 0 aliphatic heterocycles. The van der Waals surface area contributed by atoms with Crippen LogP contribution in [-0.2, 0) is 4.79 Å². The molecule has 1 fully saturated rings. The van der Waals surface area contributed by atoms with Gasteiger partial charge in [-0.05, 0) is 111 Å². The number of aliphatic hydroxyl groups is 3. The molecular weight excluding hydrogens is 424 g/mol. The second-order valence-corrected chi connectivity index (χ2v) is 11.1. The Balaban J connectivity index is 2.85. The summed E-state index contributed by atoms with van der Waals surface area (Å²) in [5, 5.41) is 30.9. The summed E-state index contributed by atoms with van der Waals surface area (Å²) in [6.07, 6.45) is 14.1. The van der Waals surface area contributed by atoms with Crippen molar-refractivity contribution >= 4 is 6.29 Å². The Morgan fingerprint density at radius 1 is 1.09 bits per heavy atom. The van der Waals surface area contributed by atoms with Crippen LogP contribution < -0.4 is 0 Å². The van der Waals surface area contributed by atoms with Crippen LogP contribution in [-0.4, -0.2) is 39.9 Å². The molecule has 0 bridgehead atoms. The van der Waals surface area contributed by atoms with E-state index in [9.17, 15) is 20.1 Å². The molecule has 4 heteroatoms. The van der Waals surface area contributed by atoms with Crippen LogP contribution >= 0.6 is 0 Å². The van der Waals surface area contributed by atoms with Crippen molar-refractivity contribution in [3.05, 3.63) is 46.1 Å². The number of allylic oxidation sites excluding steroid dienone is 6. The van der Waals surface area contributed by atoms with Crippen molar-refractivity contribution in [1.82, 2.24) is 0 Å². The predicted molar refractivity (Wildman–Crippen MR) is 143 cm³/mol. The minimum Gasteiger partial charge on any atom is -0.396 e. The van der Waals surface area contributed by atoms with Gasteiger partial charge in [0.15, 0.2) is 0 Å². The van der Waals surface area contributed by atoms with Crippen LogP contribution in [0, 0.1) is 11.3 Å². The molecule has 194 valence electrons. The lowest BCUT2D eigenvalue weighted by atomic mass is 9.54. The molecule has 0 aromatic rings. The lowest BCUT2D eigenvalue weighted by molar-refractivity contribution is -0.115. The topological polar surface area (TPSA) is 77.8 Å². The van der Waals surface area contributed by atoms with E-state index in [4.69, 9.17) is 0 Å². The summed E-state index contributed by atoms with van der Waals surface area (Å²) in [5.74, 6) is 0.0973. The number of aliphatic hydroxyl groups excluding tert-OH is 2. The van der Waals surface area contributed by atoms with Crippen LogP contribution in [0.25, 0.3) is 0 Å². The Bertz CT molecular complexity index is 780. The quantitative estimate of drug-likeness (QED) is 0.159. The molecule has 0 amide bonds. The smallest absolute Gasteiger partial charge is 0.145 e. The fourth-order valence-corrected chi connectivity index (χ4v) is 5.50. The van der Waals surface area contributed by atoms with Gasteiger partial charge in [0, 0.05) is 12.0 Å². The van der Waals surface area contributed by atoms with Gasteiger partial charge in [-0.15, -0.1) is 0 Å². The molecule has 0 aromatic carbocycles. The van der Waals surface area contributed by atoms with Gasteiger partial charge in [-0.1, -0.05) is 47.4 Å². The molecule has 1 aliphatic rings. The van der Waals surface area contributed by atoms with Crippen LogP contribution in [0.3, 0.4) is 0 Å². The summed E-state index contributed by atoms with van der Waals surface area (Å²) in [7, 11) is 0. The summed E-state index contributed by atoms with van der Waals surface area (Å²) < 4.78 is 0. The van der Waals surface area contributed by atoms with Gasteiger partial charge in [-0.2, -0.15) is 0 Å². The Labute approximate surface area is 208 Å². The molecular formula is C30H50O4.